The molecule has 3 amide bonds. The van der Waals surface area contributed by atoms with Crippen molar-refractivity contribution in [3.63, 3.8) is 0 Å². The van der Waals surface area contributed by atoms with Crippen LogP contribution in [0.25, 0.3) is 16.8 Å². The molecule has 1 unspecified atom stereocenters. The van der Waals surface area contributed by atoms with Crippen molar-refractivity contribution in [3.8, 4) is 11.1 Å². The number of aromatic nitrogens is 3. The van der Waals surface area contributed by atoms with Gasteiger partial charge in [-0.25, -0.2) is 14.8 Å². The summed E-state index contributed by atoms with van der Waals surface area (Å²) in [6.45, 7) is 0.414. The third kappa shape index (κ3) is 3.96. The number of hydrogen-bond donors (Lipinski definition) is 3. The number of nitrogens with one attached hydrogen (secondary N) is 1. The van der Waals surface area contributed by atoms with Crippen LogP contribution in [0, 0.1) is 0 Å². The van der Waals surface area contributed by atoms with E-state index in [1.54, 1.807) is 22.7 Å². The lowest BCUT2D eigenvalue weighted by molar-refractivity contribution is -0.137. The van der Waals surface area contributed by atoms with Crippen molar-refractivity contribution in [1.82, 2.24) is 19.3 Å². The van der Waals surface area contributed by atoms with Gasteiger partial charge in [-0.3, -0.25) is 4.79 Å². The summed E-state index contributed by atoms with van der Waals surface area (Å²) in [7, 11) is 0. The number of rotatable bonds is 3. The van der Waals surface area contributed by atoms with Crippen LogP contribution in [0.4, 0.5) is 29.6 Å². The fourth-order valence-electron chi connectivity index (χ4n) is 3.60. The molecule has 1 aliphatic rings. The Morgan fingerprint density at radius 2 is 1.97 bits per heavy atom. The van der Waals surface area contributed by atoms with E-state index in [0.29, 0.717) is 30.6 Å². The van der Waals surface area contributed by atoms with Crippen molar-refractivity contribution in [1.29, 1.82) is 0 Å². The summed E-state index contributed by atoms with van der Waals surface area (Å²) in [5.41, 5.74) is 10.8. The van der Waals surface area contributed by atoms with Crippen LogP contribution >= 0.6 is 0 Å². The van der Waals surface area contributed by atoms with Gasteiger partial charge in [0.2, 0.25) is 5.91 Å². The van der Waals surface area contributed by atoms with Crippen LogP contribution in [0.2, 0.25) is 0 Å². The lowest BCUT2D eigenvalue weighted by atomic mass is 10.1. The molecule has 31 heavy (non-hydrogen) atoms. The fourth-order valence-corrected chi connectivity index (χ4v) is 3.60. The number of nitrogens with zero attached hydrogens (tertiary/aromatic N) is 4. The average molecular weight is 433 g/mol. The van der Waals surface area contributed by atoms with Gasteiger partial charge in [0.15, 0.2) is 5.82 Å². The number of anilines is 2. The molecule has 3 aromatic heterocycles. The number of halogens is 3. The molecule has 162 valence electrons. The zero-order valence-corrected chi connectivity index (χ0v) is 16.1. The van der Waals surface area contributed by atoms with E-state index in [1.807, 2.05) is 0 Å². The molecular weight excluding hydrogens is 415 g/mol. The first-order valence-corrected chi connectivity index (χ1v) is 9.32. The second-order valence-corrected chi connectivity index (χ2v) is 7.14. The van der Waals surface area contributed by atoms with Gasteiger partial charge in [-0.05, 0) is 31.0 Å². The quantitative estimate of drug-likeness (QED) is 0.584. The van der Waals surface area contributed by atoms with Crippen LogP contribution in [0.1, 0.15) is 18.4 Å². The Hall–Kier alpha value is -3.83. The predicted molar refractivity (Wildman–Crippen MR) is 106 cm³/mol. The smallest absolute Gasteiger partial charge is 0.383 e. The highest BCUT2D eigenvalue weighted by atomic mass is 19.4. The molecule has 4 heterocycles. The summed E-state index contributed by atoms with van der Waals surface area (Å²) in [4.78, 5) is 33.2. The maximum atomic E-state index is 13.1. The molecule has 9 nitrogen and oxygen atoms in total. The summed E-state index contributed by atoms with van der Waals surface area (Å²) in [6.07, 6.45) is 0.891. The zero-order valence-electron chi connectivity index (χ0n) is 16.1. The molecule has 3 aromatic rings. The molecule has 1 fully saturated rings. The van der Waals surface area contributed by atoms with E-state index in [9.17, 15) is 22.8 Å². The Kier molecular flexibility index (Phi) is 4.91. The minimum Gasteiger partial charge on any atom is -0.383 e. The Labute approximate surface area is 173 Å². The second kappa shape index (κ2) is 7.45. The molecule has 0 radical (unpaired) electrons. The normalized spacial score (nSPS) is 16.6. The number of primary amides is 1. The largest absolute Gasteiger partial charge is 0.419 e. The lowest BCUT2D eigenvalue weighted by Crippen LogP contribution is -2.45. The molecule has 0 aromatic carbocycles. The van der Waals surface area contributed by atoms with Crippen LogP contribution in [-0.4, -0.2) is 43.8 Å². The molecule has 0 bridgehead atoms. The number of carbonyl (C=O) groups is 2. The summed E-state index contributed by atoms with van der Waals surface area (Å²) in [6, 6.07) is 2.79. The first-order chi connectivity index (χ1) is 14.6. The minimum atomic E-state index is -4.62. The molecule has 12 heteroatoms. The first kappa shape index (κ1) is 20.4. The van der Waals surface area contributed by atoms with Gasteiger partial charge in [-0.15, -0.1) is 0 Å². The lowest BCUT2D eigenvalue weighted by Gasteiger charge is -2.21. The Bertz CT molecular complexity index is 1180. The molecule has 1 saturated heterocycles. The van der Waals surface area contributed by atoms with Crippen LogP contribution in [0.5, 0.6) is 0 Å². The maximum Gasteiger partial charge on any atom is 0.419 e. The van der Waals surface area contributed by atoms with Gasteiger partial charge in [0.1, 0.15) is 17.5 Å². The average Bonchev–Trinajstić information content (AvgIpc) is 3.33. The fraction of sp³-hybridized carbons (Fsp3) is 0.263. The van der Waals surface area contributed by atoms with E-state index < -0.39 is 35.5 Å². The summed E-state index contributed by atoms with van der Waals surface area (Å²) in [5, 5.41) is 2.66. The van der Waals surface area contributed by atoms with Gasteiger partial charge in [0, 0.05) is 30.1 Å². The summed E-state index contributed by atoms with van der Waals surface area (Å²) < 4.78 is 40.9. The van der Waals surface area contributed by atoms with Crippen LogP contribution < -0.4 is 16.8 Å². The van der Waals surface area contributed by atoms with Gasteiger partial charge in [0.05, 0.1) is 11.8 Å². The molecule has 0 saturated carbocycles. The SMILES string of the molecule is NC(=O)N1CCCC1C(=O)Nc1cn2cc(-c3cnc(N)c(C(F)(F)F)c3)ccc2n1. The van der Waals surface area contributed by atoms with Gasteiger partial charge in [0.25, 0.3) is 0 Å². The number of nitrogens with two attached hydrogens (primary N) is 2. The molecule has 1 aliphatic heterocycles. The highest BCUT2D eigenvalue weighted by molar-refractivity contribution is 5.96. The van der Waals surface area contributed by atoms with Crippen molar-refractivity contribution >= 4 is 29.2 Å². The number of fused-ring (bicyclic) bond motifs is 1. The standard InChI is InChI=1S/C19H18F3N7O2/c20-19(21,22)12-6-11(7-25-16(12)23)10-3-4-15-26-14(9-28(15)8-10)27-17(30)13-2-1-5-29(13)18(24)31/h3-4,6-9,13H,1-2,5H2,(H2,23,25)(H2,24,31)(H,27,30). The number of likely N-dealkylation sites (tertiary alicyclic amines) is 1. The highest BCUT2D eigenvalue weighted by Crippen LogP contribution is 2.35. The Balaban J connectivity index is 1.59. The van der Waals surface area contributed by atoms with Crippen molar-refractivity contribution < 1.29 is 22.8 Å². The predicted octanol–water partition coefficient (Wildman–Crippen LogP) is 2.48. The maximum absolute atomic E-state index is 13.1. The number of alkyl halides is 3. The molecule has 1 atom stereocenters. The summed E-state index contributed by atoms with van der Waals surface area (Å²) >= 11 is 0. The molecule has 4 rings (SSSR count). The first-order valence-electron chi connectivity index (χ1n) is 9.32. The van der Waals surface area contributed by atoms with Crippen LogP contribution in [0.15, 0.2) is 36.8 Å². The van der Waals surface area contributed by atoms with Crippen LogP contribution in [-0.2, 0) is 11.0 Å². The summed E-state index contributed by atoms with van der Waals surface area (Å²) in [5.74, 6) is -0.760. The van der Waals surface area contributed by atoms with E-state index in [2.05, 4.69) is 15.3 Å². The monoisotopic (exact) mass is 433 g/mol. The van der Waals surface area contributed by atoms with Gasteiger partial charge in [-0.1, -0.05) is 0 Å². The number of nitrogen functional groups attached to an aromatic ring is 1. The Morgan fingerprint density at radius 1 is 1.19 bits per heavy atom. The highest BCUT2D eigenvalue weighted by Gasteiger charge is 2.34. The van der Waals surface area contributed by atoms with E-state index in [0.717, 1.165) is 6.07 Å². The molecule has 5 N–H and O–H groups in total. The van der Waals surface area contributed by atoms with Gasteiger partial charge in [-0.2, -0.15) is 13.2 Å². The third-order valence-corrected chi connectivity index (χ3v) is 5.10. The molecule has 0 aliphatic carbocycles. The zero-order chi connectivity index (χ0) is 22.3. The van der Waals surface area contributed by atoms with E-state index in [4.69, 9.17) is 11.5 Å². The van der Waals surface area contributed by atoms with Crippen molar-refractivity contribution in [2.45, 2.75) is 25.1 Å². The van der Waals surface area contributed by atoms with Gasteiger partial charge < -0.3 is 26.1 Å². The van der Waals surface area contributed by atoms with Crippen LogP contribution in [0.3, 0.4) is 0 Å². The second-order valence-electron chi connectivity index (χ2n) is 7.14. The number of amides is 3. The van der Waals surface area contributed by atoms with E-state index in [-0.39, 0.29) is 11.4 Å². The third-order valence-electron chi connectivity index (χ3n) is 5.10. The number of imidazole rings is 1. The minimum absolute atomic E-state index is 0.228. The number of pyridine rings is 2. The van der Waals surface area contributed by atoms with Crippen molar-refractivity contribution in [3.05, 3.63) is 42.4 Å². The number of hydrogen-bond acceptors (Lipinski definition) is 5. The van der Waals surface area contributed by atoms with E-state index in [1.165, 1.54) is 17.3 Å². The Morgan fingerprint density at radius 3 is 2.68 bits per heavy atom. The van der Waals surface area contributed by atoms with Crippen molar-refractivity contribution in [2.24, 2.45) is 5.73 Å². The number of urea groups is 1. The topological polar surface area (TPSA) is 132 Å². The molecular formula is C19H18F3N7O2. The van der Waals surface area contributed by atoms with Crippen molar-refractivity contribution in [2.75, 3.05) is 17.6 Å². The molecule has 0 spiro atoms. The van der Waals surface area contributed by atoms with E-state index >= 15 is 0 Å². The van der Waals surface area contributed by atoms with Gasteiger partial charge >= 0.3 is 12.2 Å². The number of carbonyl (C=O) groups excluding carboxylic acids is 2.